The van der Waals surface area contributed by atoms with Crippen LogP contribution in [-0.4, -0.2) is 36.1 Å². The van der Waals surface area contributed by atoms with E-state index in [1.54, 1.807) is 25.1 Å². The van der Waals surface area contributed by atoms with Crippen molar-refractivity contribution in [2.75, 3.05) is 14.1 Å². The number of hydrogen-bond acceptors (Lipinski definition) is 3. The molecule has 0 radical (unpaired) electrons. The van der Waals surface area contributed by atoms with Gasteiger partial charge in [0.15, 0.2) is 0 Å². The van der Waals surface area contributed by atoms with Crippen molar-refractivity contribution in [3.05, 3.63) is 98.5 Å². The van der Waals surface area contributed by atoms with E-state index in [2.05, 4.69) is 31.0 Å². The molecule has 0 fully saturated rings. The fraction of sp³-hybridized carbons (Fsp3) is 0.296. The number of allylic oxidation sites excluding steroid dienone is 3. The first-order valence-electron chi connectivity index (χ1n) is 10.9. The van der Waals surface area contributed by atoms with Crippen LogP contribution in [0, 0.1) is 5.92 Å². The van der Waals surface area contributed by atoms with Crippen molar-refractivity contribution in [3.63, 3.8) is 0 Å². The molecule has 2 bridgehead atoms. The normalized spacial score (nSPS) is 23.4. The van der Waals surface area contributed by atoms with Crippen LogP contribution in [0.3, 0.4) is 0 Å². The van der Waals surface area contributed by atoms with Crippen LogP contribution in [0.4, 0.5) is 0 Å². The first-order chi connectivity index (χ1) is 15.3. The highest BCUT2D eigenvalue weighted by atomic mass is 16.2. The largest absolute Gasteiger partial charge is 0.345 e. The van der Waals surface area contributed by atoms with Gasteiger partial charge in [0.25, 0.3) is 5.91 Å². The van der Waals surface area contributed by atoms with Crippen molar-refractivity contribution in [1.29, 1.82) is 0 Å². The van der Waals surface area contributed by atoms with Gasteiger partial charge in [-0.1, -0.05) is 35.9 Å². The van der Waals surface area contributed by atoms with Crippen LogP contribution in [0.15, 0.2) is 75.6 Å². The van der Waals surface area contributed by atoms with Crippen LogP contribution in [0.2, 0.25) is 0 Å². The first kappa shape index (κ1) is 21.8. The Bertz CT molecular complexity index is 1230. The van der Waals surface area contributed by atoms with Crippen molar-refractivity contribution < 1.29 is 4.79 Å². The molecule has 2 aliphatic rings. The number of aliphatic imine (C=N–C) groups is 1. The Morgan fingerprint density at radius 2 is 2.06 bits per heavy atom. The second-order valence-electron chi connectivity index (χ2n) is 8.78. The van der Waals surface area contributed by atoms with Gasteiger partial charge >= 0.3 is 0 Å². The van der Waals surface area contributed by atoms with Gasteiger partial charge in [-0.05, 0) is 55.7 Å². The highest BCUT2D eigenvalue weighted by Crippen LogP contribution is 2.51. The Balaban J connectivity index is 1.69. The van der Waals surface area contributed by atoms with E-state index in [-0.39, 0.29) is 17.4 Å². The van der Waals surface area contributed by atoms with Crippen LogP contribution in [0.25, 0.3) is 6.08 Å². The number of H-pyrrole nitrogens is 1. The number of aromatic nitrogens is 1. The third-order valence-electron chi connectivity index (χ3n) is 6.29. The smallest absolute Gasteiger partial charge is 0.253 e. The van der Waals surface area contributed by atoms with Crippen LogP contribution < -0.4 is 5.56 Å². The Hall–Kier alpha value is -3.47. The monoisotopic (exact) mass is 427 g/mol. The molecule has 2 aromatic rings. The lowest BCUT2D eigenvalue weighted by Crippen LogP contribution is -2.40. The molecule has 5 nitrogen and oxygen atoms in total. The zero-order valence-corrected chi connectivity index (χ0v) is 19.1. The number of rotatable bonds is 4. The van der Waals surface area contributed by atoms with Crippen LogP contribution in [-0.2, 0) is 12.0 Å². The Kier molecular flexibility index (Phi) is 5.83. The average Bonchev–Trinajstić information content (AvgIpc) is 2.75. The first-order valence-corrected chi connectivity index (χ1v) is 10.9. The van der Waals surface area contributed by atoms with E-state index in [1.165, 1.54) is 11.1 Å². The molecule has 2 aliphatic carbocycles. The summed E-state index contributed by atoms with van der Waals surface area (Å²) in [6.07, 6.45) is 11.8. The van der Waals surface area contributed by atoms with Crippen molar-refractivity contribution in [2.45, 2.75) is 32.2 Å². The summed E-state index contributed by atoms with van der Waals surface area (Å²) in [5.74, 6) is 0.225. The summed E-state index contributed by atoms with van der Waals surface area (Å²) in [5, 5.41) is 0. The van der Waals surface area contributed by atoms with Gasteiger partial charge in [-0.25, -0.2) is 0 Å². The van der Waals surface area contributed by atoms with Gasteiger partial charge in [0.2, 0.25) is 5.56 Å². The van der Waals surface area contributed by atoms with Gasteiger partial charge in [-0.3, -0.25) is 14.6 Å². The molecule has 0 saturated carbocycles. The molecule has 0 saturated heterocycles. The number of fused-ring (bicyclic) bond motifs is 4. The molecule has 1 aromatic carbocycles. The van der Waals surface area contributed by atoms with Gasteiger partial charge in [-0.15, -0.1) is 0 Å². The number of nitrogens with one attached hydrogen (secondary N) is 1. The minimum atomic E-state index is -0.497. The second kappa shape index (κ2) is 8.58. The maximum atomic E-state index is 12.2. The minimum absolute atomic E-state index is 0.0196. The lowest BCUT2D eigenvalue weighted by molar-refractivity contribution is 0.0827. The fourth-order valence-electron chi connectivity index (χ4n) is 5.01. The van der Waals surface area contributed by atoms with Crippen molar-refractivity contribution in [2.24, 2.45) is 10.9 Å². The maximum absolute atomic E-state index is 12.2. The minimum Gasteiger partial charge on any atom is -0.345 e. The summed E-state index contributed by atoms with van der Waals surface area (Å²) >= 11 is 0. The Morgan fingerprint density at radius 1 is 1.25 bits per heavy atom. The lowest BCUT2D eigenvalue weighted by Gasteiger charge is -2.45. The highest BCUT2D eigenvalue weighted by molar-refractivity contribution is 5.94. The third-order valence-corrected chi connectivity index (χ3v) is 6.29. The lowest BCUT2D eigenvalue weighted by atomic mass is 9.63. The van der Waals surface area contributed by atoms with Crippen LogP contribution in [0.5, 0.6) is 0 Å². The van der Waals surface area contributed by atoms with Gasteiger partial charge in [0.1, 0.15) is 5.54 Å². The van der Waals surface area contributed by atoms with Crippen molar-refractivity contribution in [1.82, 2.24) is 9.88 Å². The molecule has 1 aromatic heterocycles. The number of carbonyl (C=O) groups is 1. The molecule has 0 unspecified atom stereocenters. The molecule has 1 N–H and O–H groups in total. The molecule has 1 heterocycles. The van der Waals surface area contributed by atoms with Crippen molar-refractivity contribution >= 4 is 18.2 Å². The quantitative estimate of drug-likeness (QED) is 0.576. The van der Waals surface area contributed by atoms with Crippen molar-refractivity contribution in [3.8, 4) is 0 Å². The van der Waals surface area contributed by atoms with Crippen LogP contribution >= 0.6 is 0 Å². The average molecular weight is 428 g/mol. The summed E-state index contributed by atoms with van der Waals surface area (Å²) in [7, 11) is 3.50. The van der Waals surface area contributed by atoms with Gasteiger partial charge < -0.3 is 9.88 Å². The number of pyridine rings is 1. The number of carbonyl (C=O) groups excluding carboxylic acids is 1. The summed E-state index contributed by atoms with van der Waals surface area (Å²) in [5.41, 5.74) is 5.69. The predicted molar refractivity (Wildman–Crippen MR) is 130 cm³/mol. The number of amides is 1. The molecule has 0 spiro atoms. The zero-order valence-electron chi connectivity index (χ0n) is 19.1. The molecular formula is C27H29N3O2. The van der Waals surface area contributed by atoms with E-state index in [0.29, 0.717) is 5.56 Å². The topological polar surface area (TPSA) is 65.5 Å². The van der Waals surface area contributed by atoms with E-state index in [9.17, 15) is 9.59 Å². The fourth-order valence-corrected chi connectivity index (χ4v) is 5.01. The van der Waals surface area contributed by atoms with Gasteiger partial charge in [-0.2, -0.15) is 0 Å². The summed E-state index contributed by atoms with van der Waals surface area (Å²) in [4.78, 5) is 33.9. The summed E-state index contributed by atoms with van der Waals surface area (Å²) in [6.45, 7) is 4.23. The molecule has 1 amide bonds. The number of aromatic amines is 1. The van der Waals surface area contributed by atoms with Crippen LogP contribution in [0.1, 0.15) is 47.4 Å². The molecule has 164 valence electrons. The molecule has 5 heteroatoms. The Morgan fingerprint density at radius 3 is 2.81 bits per heavy atom. The molecule has 32 heavy (non-hydrogen) atoms. The summed E-state index contributed by atoms with van der Waals surface area (Å²) < 4.78 is 0. The molecule has 2 atom stereocenters. The van der Waals surface area contributed by atoms with E-state index in [4.69, 9.17) is 4.99 Å². The predicted octanol–water partition coefficient (Wildman–Crippen LogP) is 4.52. The summed E-state index contributed by atoms with van der Waals surface area (Å²) in [6, 6.07) is 11.1. The number of hydrogen-bond donors (Lipinski definition) is 1. The number of nitrogens with zero attached hydrogens (tertiary/aromatic N) is 2. The van der Waals surface area contributed by atoms with E-state index >= 15 is 0 Å². The SMILES string of the molecule is C/C=C1\[C@H]2C=C(C)C[C@]1(N=C/C=C/c1cccc(C(=O)N(C)C)c1)c1ccc(=O)[nH]c1C2. The second-order valence-corrected chi connectivity index (χ2v) is 8.78. The highest BCUT2D eigenvalue weighted by Gasteiger charge is 2.46. The Labute approximate surface area is 188 Å². The molecular weight excluding hydrogens is 398 g/mol. The van der Waals surface area contributed by atoms with E-state index < -0.39 is 5.54 Å². The third kappa shape index (κ3) is 3.91. The van der Waals surface area contributed by atoms with E-state index in [1.807, 2.05) is 48.7 Å². The molecule has 0 aliphatic heterocycles. The van der Waals surface area contributed by atoms with Gasteiger partial charge in [0.05, 0.1) is 0 Å². The number of benzene rings is 1. The standard InChI is InChI=1S/C27H29N3O2/c1-5-22-21-14-18(2)17-27(22,23-11-12-25(31)29-24(23)16-21)28-13-7-9-19-8-6-10-20(15-19)26(32)30(3)4/h5-15,21H,16-17H2,1-4H3,(H,29,31)/b9-7+,22-5+,28-13?/t21-,27+/m0/s1. The van der Waals surface area contributed by atoms with Gasteiger partial charge in [0, 0.05) is 55.5 Å². The molecule has 4 rings (SSSR count). The zero-order chi connectivity index (χ0) is 22.9. The van der Waals surface area contributed by atoms with E-state index in [0.717, 1.165) is 29.7 Å². The maximum Gasteiger partial charge on any atom is 0.253 e.